The Hall–Kier alpha value is -1.76. The standard InChI is InChI=1S/C10H10F3NO3/c11-10(12,13)7-4-2-1-3-6(7)8(5-15)14-9(16)17/h1-4,8,14-15H,5H2,(H,16,17). The summed E-state index contributed by atoms with van der Waals surface area (Å²) < 4.78 is 37.9. The van der Waals surface area contributed by atoms with Gasteiger partial charge in [0, 0.05) is 0 Å². The molecule has 0 bridgehead atoms. The molecular formula is C10H10F3NO3. The van der Waals surface area contributed by atoms with Crippen LogP contribution >= 0.6 is 0 Å². The van der Waals surface area contributed by atoms with Gasteiger partial charge < -0.3 is 15.5 Å². The Kier molecular flexibility index (Phi) is 3.95. The Morgan fingerprint density at radius 1 is 1.35 bits per heavy atom. The Balaban J connectivity index is 3.15. The molecule has 0 aromatic heterocycles. The van der Waals surface area contributed by atoms with Gasteiger partial charge >= 0.3 is 12.3 Å². The van der Waals surface area contributed by atoms with Gasteiger partial charge in [0.1, 0.15) is 0 Å². The van der Waals surface area contributed by atoms with Crippen LogP contribution in [0.3, 0.4) is 0 Å². The van der Waals surface area contributed by atoms with Gasteiger partial charge in [0.2, 0.25) is 0 Å². The molecule has 1 aromatic rings. The summed E-state index contributed by atoms with van der Waals surface area (Å²) in [5, 5.41) is 19.2. The lowest BCUT2D eigenvalue weighted by molar-refractivity contribution is -0.138. The van der Waals surface area contributed by atoms with E-state index < -0.39 is 30.5 Å². The van der Waals surface area contributed by atoms with E-state index in [4.69, 9.17) is 10.2 Å². The van der Waals surface area contributed by atoms with Crippen molar-refractivity contribution >= 4 is 6.09 Å². The van der Waals surface area contributed by atoms with E-state index in [1.165, 1.54) is 12.1 Å². The van der Waals surface area contributed by atoms with Gasteiger partial charge in [-0.15, -0.1) is 0 Å². The fraction of sp³-hybridized carbons (Fsp3) is 0.300. The number of rotatable bonds is 3. The maximum Gasteiger partial charge on any atom is 0.416 e. The van der Waals surface area contributed by atoms with E-state index in [0.717, 1.165) is 12.1 Å². The molecule has 1 atom stereocenters. The minimum absolute atomic E-state index is 0.301. The van der Waals surface area contributed by atoms with Gasteiger partial charge in [0.15, 0.2) is 0 Å². The summed E-state index contributed by atoms with van der Waals surface area (Å²) in [6.45, 7) is -0.751. The quantitative estimate of drug-likeness (QED) is 0.767. The van der Waals surface area contributed by atoms with Crippen LogP contribution in [0.25, 0.3) is 0 Å². The molecule has 0 aliphatic heterocycles. The van der Waals surface area contributed by atoms with Crippen molar-refractivity contribution in [1.82, 2.24) is 5.32 Å². The third-order valence-electron chi connectivity index (χ3n) is 2.12. The van der Waals surface area contributed by atoms with E-state index in [-0.39, 0.29) is 5.56 Å². The van der Waals surface area contributed by atoms with E-state index >= 15 is 0 Å². The van der Waals surface area contributed by atoms with Gasteiger partial charge in [-0.05, 0) is 11.6 Å². The van der Waals surface area contributed by atoms with E-state index in [1.54, 1.807) is 0 Å². The fourth-order valence-electron chi connectivity index (χ4n) is 1.43. The second-order valence-corrected chi connectivity index (χ2v) is 3.27. The van der Waals surface area contributed by atoms with Crippen LogP contribution in [0.4, 0.5) is 18.0 Å². The topological polar surface area (TPSA) is 69.6 Å². The molecule has 1 amide bonds. The van der Waals surface area contributed by atoms with E-state index in [0.29, 0.717) is 0 Å². The van der Waals surface area contributed by atoms with Crippen molar-refractivity contribution in [3.63, 3.8) is 0 Å². The molecule has 1 aromatic carbocycles. The highest BCUT2D eigenvalue weighted by molar-refractivity contribution is 5.65. The molecule has 1 rings (SSSR count). The number of nitrogens with one attached hydrogen (secondary N) is 1. The zero-order valence-electron chi connectivity index (χ0n) is 8.53. The Labute approximate surface area is 94.7 Å². The first-order valence-corrected chi connectivity index (χ1v) is 4.62. The minimum Gasteiger partial charge on any atom is -0.465 e. The molecule has 94 valence electrons. The van der Waals surface area contributed by atoms with E-state index in [9.17, 15) is 18.0 Å². The van der Waals surface area contributed by atoms with Crippen molar-refractivity contribution in [3.05, 3.63) is 35.4 Å². The summed E-state index contributed by atoms with van der Waals surface area (Å²) in [5.41, 5.74) is -1.27. The maximum atomic E-state index is 12.6. The summed E-state index contributed by atoms with van der Waals surface area (Å²) in [6, 6.07) is 3.20. The lowest BCUT2D eigenvalue weighted by Crippen LogP contribution is -2.30. The average Bonchev–Trinajstić information content (AvgIpc) is 2.24. The number of carbonyl (C=O) groups is 1. The summed E-state index contributed by atoms with van der Waals surface area (Å²) in [4.78, 5) is 10.4. The van der Waals surface area contributed by atoms with Gasteiger partial charge in [0.25, 0.3) is 0 Å². The number of benzene rings is 1. The highest BCUT2D eigenvalue weighted by Crippen LogP contribution is 2.34. The normalized spacial score (nSPS) is 13.2. The van der Waals surface area contributed by atoms with Gasteiger partial charge in [-0.3, -0.25) is 0 Å². The maximum absolute atomic E-state index is 12.6. The van der Waals surface area contributed by atoms with Crippen LogP contribution in [0, 0.1) is 0 Å². The molecule has 0 fully saturated rings. The molecular weight excluding hydrogens is 239 g/mol. The first kappa shape index (κ1) is 13.3. The SMILES string of the molecule is O=C(O)NC(CO)c1ccccc1C(F)(F)F. The predicted molar refractivity (Wildman–Crippen MR) is 52.4 cm³/mol. The van der Waals surface area contributed by atoms with Crippen molar-refractivity contribution < 1.29 is 28.2 Å². The largest absolute Gasteiger partial charge is 0.465 e. The van der Waals surface area contributed by atoms with E-state index in [2.05, 4.69) is 0 Å². The zero-order valence-corrected chi connectivity index (χ0v) is 8.53. The third-order valence-corrected chi connectivity index (χ3v) is 2.12. The molecule has 7 heteroatoms. The number of carboxylic acid groups (broad SMARTS) is 1. The van der Waals surface area contributed by atoms with Crippen LogP contribution < -0.4 is 5.32 Å². The van der Waals surface area contributed by atoms with Crippen LogP contribution in [0.2, 0.25) is 0 Å². The van der Waals surface area contributed by atoms with Crippen LogP contribution in [-0.2, 0) is 6.18 Å². The van der Waals surface area contributed by atoms with E-state index in [1.807, 2.05) is 5.32 Å². The molecule has 0 saturated carbocycles. The summed E-state index contributed by atoms with van der Waals surface area (Å²) in [5.74, 6) is 0. The first-order chi connectivity index (χ1) is 7.86. The summed E-state index contributed by atoms with van der Waals surface area (Å²) in [7, 11) is 0. The van der Waals surface area contributed by atoms with Crippen molar-refractivity contribution in [3.8, 4) is 0 Å². The van der Waals surface area contributed by atoms with Gasteiger partial charge in [-0.25, -0.2) is 4.79 Å². The average molecular weight is 249 g/mol. The monoisotopic (exact) mass is 249 g/mol. The number of amides is 1. The Morgan fingerprint density at radius 2 is 1.94 bits per heavy atom. The van der Waals surface area contributed by atoms with Gasteiger partial charge in [-0.2, -0.15) is 13.2 Å². The molecule has 1 unspecified atom stereocenters. The number of hydrogen-bond acceptors (Lipinski definition) is 2. The van der Waals surface area contributed by atoms with Crippen molar-refractivity contribution in [2.24, 2.45) is 0 Å². The van der Waals surface area contributed by atoms with Crippen molar-refractivity contribution in [2.45, 2.75) is 12.2 Å². The lowest BCUT2D eigenvalue weighted by Gasteiger charge is -2.19. The van der Waals surface area contributed by atoms with Crippen LogP contribution in [-0.4, -0.2) is 22.9 Å². The number of aliphatic hydroxyl groups excluding tert-OH is 1. The molecule has 3 N–H and O–H groups in total. The van der Waals surface area contributed by atoms with Crippen LogP contribution in [0.15, 0.2) is 24.3 Å². The predicted octanol–water partition coefficient (Wildman–Crippen LogP) is 2.01. The first-order valence-electron chi connectivity index (χ1n) is 4.62. The summed E-state index contributed by atoms with van der Waals surface area (Å²) >= 11 is 0. The summed E-state index contributed by atoms with van der Waals surface area (Å²) in [6.07, 6.45) is -6.09. The van der Waals surface area contributed by atoms with Crippen LogP contribution in [0.5, 0.6) is 0 Å². The van der Waals surface area contributed by atoms with Gasteiger partial charge in [-0.1, -0.05) is 18.2 Å². The van der Waals surface area contributed by atoms with Gasteiger partial charge in [0.05, 0.1) is 18.2 Å². The Bertz CT molecular complexity index is 406. The second kappa shape index (κ2) is 5.05. The zero-order chi connectivity index (χ0) is 13.1. The van der Waals surface area contributed by atoms with Crippen molar-refractivity contribution in [1.29, 1.82) is 0 Å². The number of hydrogen-bond donors (Lipinski definition) is 3. The molecule has 0 aliphatic carbocycles. The number of aliphatic hydroxyl groups is 1. The van der Waals surface area contributed by atoms with Crippen LogP contribution in [0.1, 0.15) is 17.2 Å². The molecule has 0 saturated heterocycles. The molecule has 0 radical (unpaired) electrons. The fourth-order valence-corrected chi connectivity index (χ4v) is 1.43. The smallest absolute Gasteiger partial charge is 0.416 e. The number of alkyl halides is 3. The molecule has 0 heterocycles. The minimum atomic E-state index is -4.59. The third kappa shape index (κ3) is 3.35. The Morgan fingerprint density at radius 3 is 2.41 bits per heavy atom. The molecule has 4 nitrogen and oxygen atoms in total. The second-order valence-electron chi connectivity index (χ2n) is 3.27. The molecule has 0 spiro atoms. The molecule has 0 aliphatic rings. The number of halogens is 3. The van der Waals surface area contributed by atoms with Crippen molar-refractivity contribution in [2.75, 3.05) is 6.61 Å². The molecule has 17 heavy (non-hydrogen) atoms. The highest BCUT2D eigenvalue weighted by atomic mass is 19.4. The lowest BCUT2D eigenvalue weighted by atomic mass is 10.0. The highest BCUT2D eigenvalue weighted by Gasteiger charge is 2.35.